The number of aromatic nitrogens is 1. The van der Waals surface area contributed by atoms with E-state index < -0.39 is 6.04 Å². The highest BCUT2D eigenvalue weighted by molar-refractivity contribution is 9.10. The van der Waals surface area contributed by atoms with E-state index in [0.29, 0.717) is 66.7 Å². The molecule has 0 unspecified atom stereocenters. The molecule has 0 N–H and O–H groups in total. The topological polar surface area (TPSA) is 91.6 Å². The molecule has 0 saturated carbocycles. The van der Waals surface area contributed by atoms with Gasteiger partial charge in [-0.1, -0.05) is 11.3 Å². The second kappa shape index (κ2) is 12.3. The fraction of sp³-hybridized carbons (Fsp3) is 0.345. The van der Waals surface area contributed by atoms with E-state index in [2.05, 4.69) is 15.9 Å². The van der Waals surface area contributed by atoms with E-state index in [-0.39, 0.29) is 11.5 Å². The van der Waals surface area contributed by atoms with Crippen LogP contribution in [0.2, 0.25) is 0 Å². The molecule has 1 amide bonds. The normalized spacial score (nSPS) is 14.9. The van der Waals surface area contributed by atoms with Gasteiger partial charge < -0.3 is 23.8 Å². The quantitative estimate of drug-likeness (QED) is 0.357. The number of amides is 1. The maximum Gasteiger partial charge on any atom is 0.271 e. The van der Waals surface area contributed by atoms with Gasteiger partial charge in [-0.3, -0.25) is 14.2 Å². The van der Waals surface area contributed by atoms with Crippen LogP contribution >= 0.6 is 27.3 Å². The Hall–Kier alpha value is -3.57. The Kier molecular flexibility index (Phi) is 9.05. The molecule has 1 atom stereocenters. The number of nitrogens with zero attached hydrogens (tertiary/aromatic N) is 3. The van der Waals surface area contributed by atoms with Gasteiger partial charge in [0.1, 0.15) is 17.5 Å². The molecule has 1 aliphatic rings. The molecule has 2 aromatic carbocycles. The zero-order valence-electron chi connectivity index (χ0n) is 23.5. The summed E-state index contributed by atoms with van der Waals surface area (Å²) in [4.78, 5) is 34.9. The summed E-state index contributed by atoms with van der Waals surface area (Å²) in [6.07, 6.45) is 1.78. The smallest absolute Gasteiger partial charge is 0.271 e. The Labute approximate surface area is 245 Å². The van der Waals surface area contributed by atoms with E-state index in [4.69, 9.17) is 23.9 Å². The summed E-state index contributed by atoms with van der Waals surface area (Å²) >= 11 is 4.77. The highest BCUT2D eigenvalue weighted by atomic mass is 79.9. The van der Waals surface area contributed by atoms with Crippen molar-refractivity contribution in [3.63, 3.8) is 0 Å². The van der Waals surface area contributed by atoms with Gasteiger partial charge in [-0.15, -0.1) is 0 Å². The van der Waals surface area contributed by atoms with Gasteiger partial charge in [0.15, 0.2) is 16.3 Å². The zero-order valence-corrected chi connectivity index (χ0v) is 25.9. The van der Waals surface area contributed by atoms with Crippen LogP contribution in [0.4, 0.5) is 0 Å². The molecule has 0 fully saturated rings. The molecule has 0 radical (unpaired) electrons. The van der Waals surface area contributed by atoms with Crippen molar-refractivity contribution in [1.82, 2.24) is 9.47 Å². The molecular formula is C29H32BrN3O6S. The maximum atomic E-state index is 14.1. The van der Waals surface area contributed by atoms with Crippen LogP contribution in [0.25, 0.3) is 6.08 Å². The Morgan fingerprint density at radius 1 is 1.05 bits per heavy atom. The third kappa shape index (κ3) is 5.27. The lowest BCUT2D eigenvalue weighted by molar-refractivity contribution is -0.127. The highest BCUT2D eigenvalue weighted by Crippen LogP contribution is 2.39. The van der Waals surface area contributed by atoms with Crippen molar-refractivity contribution in [2.75, 3.05) is 41.5 Å². The van der Waals surface area contributed by atoms with Crippen LogP contribution in [0.1, 0.15) is 37.9 Å². The van der Waals surface area contributed by atoms with Crippen LogP contribution in [0, 0.1) is 0 Å². The number of thiazole rings is 1. The minimum absolute atomic E-state index is 0.181. The van der Waals surface area contributed by atoms with Crippen LogP contribution in [-0.2, 0) is 4.79 Å². The number of rotatable bonds is 9. The summed E-state index contributed by atoms with van der Waals surface area (Å²) in [7, 11) is 6.25. The summed E-state index contributed by atoms with van der Waals surface area (Å²) in [6.45, 7) is 6.70. The molecule has 1 aromatic heterocycles. The summed E-state index contributed by atoms with van der Waals surface area (Å²) in [5.41, 5.74) is 2.06. The van der Waals surface area contributed by atoms with Crippen molar-refractivity contribution in [2.24, 2.45) is 4.99 Å². The molecule has 40 heavy (non-hydrogen) atoms. The molecule has 11 heteroatoms. The van der Waals surface area contributed by atoms with Gasteiger partial charge in [0.05, 0.1) is 48.7 Å². The average Bonchev–Trinajstić information content (AvgIpc) is 3.25. The average molecular weight is 631 g/mol. The predicted molar refractivity (Wildman–Crippen MR) is 158 cm³/mol. The second-order valence-electron chi connectivity index (χ2n) is 8.91. The lowest BCUT2D eigenvalue weighted by atomic mass is 9.93. The first-order valence-corrected chi connectivity index (χ1v) is 14.3. The third-order valence-electron chi connectivity index (χ3n) is 6.79. The predicted octanol–water partition coefficient (Wildman–Crippen LogP) is 3.90. The molecule has 0 spiro atoms. The van der Waals surface area contributed by atoms with E-state index in [0.717, 1.165) is 5.56 Å². The molecule has 2 heterocycles. The van der Waals surface area contributed by atoms with Gasteiger partial charge in [-0.25, -0.2) is 4.99 Å². The van der Waals surface area contributed by atoms with Crippen LogP contribution < -0.4 is 33.8 Å². The van der Waals surface area contributed by atoms with Crippen molar-refractivity contribution in [3.8, 4) is 23.0 Å². The number of hydrogen-bond donors (Lipinski definition) is 0. The first-order chi connectivity index (χ1) is 19.2. The van der Waals surface area contributed by atoms with Crippen molar-refractivity contribution >= 4 is 39.2 Å². The van der Waals surface area contributed by atoms with E-state index in [1.807, 2.05) is 19.9 Å². The number of fused-ring (bicyclic) bond motifs is 1. The van der Waals surface area contributed by atoms with Gasteiger partial charge in [0.2, 0.25) is 0 Å². The van der Waals surface area contributed by atoms with Crippen molar-refractivity contribution < 1.29 is 23.7 Å². The van der Waals surface area contributed by atoms with Crippen molar-refractivity contribution in [3.05, 3.63) is 76.9 Å². The molecule has 212 valence electrons. The number of likely N-dealkylation sites (N-methyl/N-ethyl adjacent to an activating group) is 1. The minimum atomic E-state index is -0.770. The summed E-state index contributed by atoms with van der Waals surface area (Å²) in [6, 6.07) is 8.24. The summed E-state index contributed by atoms with van der Waals surface area (Å²) in [5, 5.41) is 0. The zero-order chi connectivity index (χ0) is 29.1. The fourth-order valence-corrected chi connectivity index (χ4v) is 6.46. The molecule has 1 aliphatic heterocycles. The number of benzene rings is 2. The van der Waals surface area contributed by atoms with Gasteiger partial charge >= 0.3 is 0 Å². The van der Waals surface area contributed by atoms with E-state index in [1.165, 1.54) is 11.3 Å². The molecule has 3 aromatic rings. The number of hydrogen-bond acceptors (Lipinski definition) is 8. The van der Waals surface area contributed by atoms with Crippen LogP contribution in [0.5, 0.6) is 23.0 Å². The maximum absolute atomic E-state index is 14.1. The Bertz CT molecular complexity index is 1660. The van der Waals surface area contributed by atoms with Crippen molar-refractivity contribution in [2.45, 2.75) is 26.8 Å². The third-order valence-corrected chi connectivity index (χ3v) is 8.36. The monoisotopic (exact) mass is 629 g/mol. The summed E-state index contributed by atoms with van der Waals surface area (Å²) < 4.78 is 24.8. The van der Waals surface area contributed by atoms with E-state index in [9.17, 15) is 9.59 Å². The lowest BCUT2D eigenvalue weighted by Gasteiger charge is -2.30. The molecule has 9 nitrogen and oxygen atoms in total. The van der Waals surface area contributed by atoms with Gasteiger partial charge in [0.25, 0.3) is 11.5 Å². The molecule has 4 rings (SSSR count). The Morgan fingerprint density at radius 2 is 1.75 bits per heavy atom. The minimum Gasteiger partial charge on any atom is -0.497 e. The largest absolute Gasteiger partial charge is 0.497 e. The Morgan fingerprint density at radius 3 is 2.35 bits per heavy atom. The summed E-state index contributed by atoms with van der Waals surface area (Å²) in [5.74, 6) is 2.01. The lowest BCUT2D eigenvalue weighted by Crippen LogP contribution is -2.43. The number of carbonyl (C=O) groups is 1. The van der Waals surface area contributed by atoms with Crippen LogP contribution in [0.3, 0.4) is 0 Å². The number of allylic oxidation sites excluding steroid dienone is 1. The number of carbonyl (C=O) groups excluding carboxylic acids is 1. The first kappa shape index (κ1) is 29.4. The van der Waals surface area contributed by atoms with Crippen LogP contribution in [-0.4, -0.2) is 56.9 Å². The number of halogens is 1. The molecule has 0 bridgehead atoms. The number of methoxy groups -OCH3 is 4. The van der Waals surface area contributed by atoms with Crippen LogP contribution in [0.15, 0.2) is 55.9 Å². The van der Waals surface area contributed by atoms with E-state index in [1.54, 1.807) is 75.2 Å². The SMILES string of the molecule is CCN(CC)C(=O)C1=C(C)N=c2s/c(=C/c3cc(Br)c(OC)c(OC)c3)c(=O)n2[C@@H]1c1cc(OC)ccc1OC. The van der Waals surface area contributed by atoms with Gasteiger partial charge in [-0.2, -0.15) is 0 Å². The second-order valence-corrected chi connectivity index (χ2v) is 10.8. The molecular weight excluding hydrogens is 598 g/mol. The van der Waals surface area contributed by atoms with E-state index >= 15 is 0 Å². The number of ether oxygens (including phenoxy) is 4. The van der Waals surface area contributed by atoms with Crippen molar-refractivity contribution in [1.29, 1.82) is 0 Å². The first-order valence-electron chi connectivity index (χ1n) is 12.7. The van der Waals surface area contributed by atoms with Gasteiger partial charge in [-0.05, 0) is 78.7 Å². The Balaban J connectivity index is 2.02. The van der Waals surface area contributed by atoms with Gasteiger partial charge in [0, 0.05) is 18.7 Å². The molecule has 0 saturated heterocycles. The molecule has 0 aliphatic carbocycles. The fourth-order valence-electron chi connectivity index (χ4n) is 4.80. The standard InChI is InChI=1S/C29H32BrN3O6S/c1-8-32(9-2)28(35)24-16(3)31-29-33(25(24)19-15-18(36-4)10-11-21(19)37-5)27(34)23(40-29)14-17-12-20(30)26(39-7)22(13-17)38-6/h10-15,25H,8-9H2,1-7H3/b23-14+/t25-/m1/s1. The highest BCUT2D eigenvalue weighted by Gasteiger charge is 2.36.